The van der Waals surface area contributed by atoms with Crippen LogP contribution < -0.4 is 21.3 Å². The van der Waals surface area contributed by atoms with Crippen LogP contribution in [0.4, 0.5) is 46.4 Å². The number of benzene rings is 3. The number of hydrogen-bond acceptors (Lipinski definition) is 6. The number of rotatable bonds is 7. The van der Waals surface area contributed by atoms with E-state index in [1.54, 1.807) is 12.1 Å². The molecule has 0 aliphatic carbocycles. The highest BCUT2D eigenvalue weighted by Gasteiger charge is 2.35. The van der Waals surface area contributed by atoms with Crippen molar-refractivity contribution in [2.24, 2.45) is 0 Å². The van der Waals surface area contributed by atoms with Crippen LogP contribution in [0.3, 0.4) is 0 Å². The molecule has 0 fully saturated rings. The Hall–Kier alpha value is -5.00. The molecule has 0 radical (unpaired) electrons. The lowest BCUT2D eigenvalue weighted by Crippen LogP contribution is -2.20. The summed E-state index contributed by atoms with van der Waals surface area (Å²) in [5, 5.41) is 10.4. The molecule has 0 saturated carbocycles. The minimum atomic E-state index is -4.76. The maximum absolute atomic E-state index is 13.8. The van der Waals surface area contributed by atoms with Crippen molar-refractivity contribution in [2.45, 2.75) is 6.18 Å². The summed E-state index contributed by atoms with van der Waals surface area (Å²) in [6.07, 6.45) is -4.13. The first kappa shape index (κ1) is 26.1. The smallest absolute Gasteiger partial charge is 0.355 e. The zero-order valence-electron chi connectivity index (χ0n) is 19.7. The number of nitrogens with zero attached hydrogens (tertiary/aromatic N) is 2. The molecule has 194 valence electrons. The summed E-state index contributed by atoms with van der Waals surface area (Å²) in [5.41, 5.74) is -0.219. The molecule has 1 aromatic heterocycles. The fraction of sp³-hybridized carbons (Fsp3) is 0.0769. The summed E-state index contributed by atoms with van der Waals surface area (Å²) >= 11 is 0. The zero-order chi connectivity index (χ0) is 27.3. The Labute approximate surface area is 214 Å². The Kier molecular flexibility index (Phi) is 7.51. The largest absolute Gasteiger partial charge is 0.421 e. The van der Waals surface area contributed by atoms with Gasteiger partial charge in [-0.2, -0.15) is 18.2 Å². The molecule has 0 spiro atoms. The first-order chi connectivity index (χ1) is 18.2. The van der Waals surface area contributed by atoms with Crippen molar-refractivity contribution in [3.05, 3.63) is 102 Å². The highest BCUT2D eigenvalue weighted by Crippen LogP contribution is 2.36. The number of carbonyl (C=O) groups is 2. The molecule has 0 aliphatic heterocycles. The van der Waals surface area contributed by atoms with Crippen LogP contribution in [0, 0.1) is 5.82 Å². The second kappa shape index (κ2) is 10.9. The number of anilines is 5. The average Bonchev–Trinajstić information content (AvgIpc) is 2.89. The molecule has 2 amide bonds. The van der Waals surface area contributed by atoms with Gasteiger partial charge in [0.25, 0.3) is 11.8 Å². The molecule has 38 heavy (non-hydrogen) atoms. The number of alkyl halides is 3. The summed E-state index contributed by atoms with van der Waals surface area (Å²) in [6, 6.07) is 17.7. The molecular formula is C26H20F4N6O2. The van der Waals surface area contributed by atoms with Crippen molar-refractivity contribution >= 4 is 40.6 Å². The first-order valence-corrected chi connectivity index (χ1v) is 11.1. The lowest BCUT2D eigenvalue weighted by Gasteiger charge is -2.16. The number of amides is 2. The van der Waals surface area contributed by atoms with Crippen LogP contribution in [0.5, 0.6) is 0 Å². The number of hydrogen-bond donors (Lipinski definition) is 4. The van der Waals surface area contributed by atoms with Crippen molar-refractivity contribution in [1.29, 1.82) is 0 Å². The Morgan fingerprint density at radius 1 is 0.789 bits per heavy atom. The molecule has 3 aromatic carbocycles. The highest BCUT2D eigenvalue weighted by atomic mass is 19.4. The third kappa shape index (κ3) is 6.03. The van der Waals surface area contributed by atoms with E-state index < -0.39 is 35.2 Å². The SMILES string of the molecule is CNC(=O)c1ccccc1Nc1nc(Nc2ccc(NC(=O)c3ccccc3F)cc2)ncc1C(F)(F)F. The molecule has 4 rings (SSSR count). The summed E-state index contributed by atoms with van der Waals surface area (Å²) in [4.78, 5) is 32.2. The first-order valence-electron chi connectivity index (χ1n) is 11.1. The topological polar surface area (TPSA) is 108 Å². The van der Waals surface area contributed by atoms with Crippen LogP contribution >= 0.6 is 0 Å². The van der Waals surface area contributed by atoms with Crippen LogP contribution in [0.15, 0.2) is 79.0 Å². The standard InChI is InChI=1S/C26H20F4N6O2/c1-31-23(37)18-7-3-5-9-21(18)35-22-19(26(28,29)30)14-32-25(36-22)34-16-12-10-15(11-13-16)33-24(38)17-6-2-4-8-20(17)27/h2-14H,1H3,(H,31,37)(H,33,38)(H2,32,34,35,36). The summed E-state index contributed by atoms with van der Waals surface area (Å²) in [6.45, 7) is 0. The number of carbonyl (C=O) groups excluding carboxylic acids is 2. The third-order valence-corrected chi connectivity index (χ3v) is 5.26. The number of nitrogens with one attached hydrogen (secondary N) is 4. The van der Waals surface area contributed by atoms with Gasteiger partial charge in [0, 0.05) is 24.6 Å². The predicted octanol–water partition coefficient (Wildman–Crippen LogP) is 5.73. The van der Waals surface area contributed by atoms with Gasteiger partial charge in [-0.3, -0.25) is 9.59 Å². The normalized spacial score (nSPS) is 11.0. The Morgan fingerprint density at radius 3 is 2.08 bits per heavy atom. The fourth-order valence-corrected chi connectivity index (χ4v) is 3.41. The van der Waals surface area contributed by atoms with Gasteiger partial charge in [-0.25, -0.2) is 9.37 Å². The molecule has 4 N–H and O–H groups in total. The second-order valence-corrected chi connectivity index (χ2v) is 7.84. The average molecular weight is 524 g/mol. The third-order valence-electron chi connectivity index (χ3n) is 5.26. The van der Waals surface area contributed by atoms with Crippen molar-refractivity contribution in [3.8, 4) is 0 Å². The second-order valence-electron chi connectivity index (χ2n) is 7.84. The summed E-state index contributed by atoms with van der Waals surface area (Å²) in [7, 11) is 1.41. The van der Waals surface area contributed by atoms with E-state index >= 15 is 0 Å². The quantitative estimate of drug-likeness (QED) is 0.230. The number of aromatic nitrogens is 2. The van der Waals surface area contributed by atoms with Crippen molar-refractivity contribution in [2.75, 3.05) is 23.0 Å². The van der Waals surface area contributed by atoms with Crippen LogP contribution in [-0.4, -0.2) is 28.8 Å². The van der Waals surface area contributed by atoms with Crippen LogP contribution in [0.25, 0.3) is 0 Å². The maximum atomic E-state index is 13.8. The predicted molar refractivity (Wildman–Crippen MR) is 134 cm³/mol. The summed E-state index contributed by atoms with van der Waals surface area (Å²) < 4.78 is 54.8. The molecule has 4 aromatic rings. The van der Waals surface area contributed by atoms with E-state index in [1.165, 1.54) is 67.7 Å². The van der Waals surface area contributed by atoms with Crippen molar-refractivity contribution in [3.63, 3.8) is 0 Å². The molecule has 1 heterocycles. The van der Waals surface area contributed by atoms with E-state index in [0.717, 1.165) is 0 Å². The molecule has 0 bridgehead atoms. The minimum absolute atomic E-state index is 0.120. The minimum Gasteiger partial charge on any atom is -0.355 e. The molecule has 12 heteroatoms. The van der Waals surface area contributed by atoms with Gasteiger partial charge in [0.1, 0.15) is 17.2 Å². The van der Waals surface area contributed by atoms with E-state index in [0.29, 0.717) is 17.6 Å². The van der Waals surface area contributed by atoms with E-state index in [4.69, 9.17) is 0 Å². The van der Waals surface area contributed by atoms with Gasteiger partial charge in [0.15, 0.2) is 0 Å². The molecule has 0 atom stereocenters. The van der Waals surface area contributed by atoms with Crippen LogP contribution in [0.1, 0.15) is 26.3 Å². The zero-order valence-corrected chi connectivity index (χ0v) is 19.7. The summed E-state index contributed by atoms with van der Waals surface area (Å²) in [5.74, 6) is -2.50. The highest BCUT2D eigenvalue weighted by molar-refractivity contribution is 6.04. The molecular weight excluding hydrogens is 504 g/mol. The van der Waals surface area contributed by atoms with E-state index in [-0.39, 0.29) is 22.8 Å². The Balaban J connectivity index is 1.55. The van der Waals surface area contributed by atoms with E-state index in [2.05, 4.69) is 31.2 Å². The maximum Gasteiger partial charge on any atom is 0.421 e. The van der Waals surface area contributed by atoms with Crippen LogP contribution in [-0.2, 0) is 6.18 Å². The number of halogens is 4. The van der Waals surface area contributed by atoms with Gasteiger partial charge < -0.3 is 21.3 Å². The lowest BCUT2D eigenvalue weighted by molar-refractivity contribution is -0.137. The molecule has 0 saturated heterocycles. The van der Waals surface area contributed by atoms with Gasteiger partial charge in [-0.1, -0.05) is 24.3 Å². The van der Waals surface area contributed by atoms with E-state index in [9.17, 15) is 27.2 Å². The lowest BCUT2D eigenvalue weighted by atomic mass is 10.1. The van der Waals surface area contributed by atoms with Gasteiger partial charge in [0.05, 0.1) is 16.8 Å². The molecule has 0 unspecified atom stereocenters. The number of para-hydroxylation sites is 1. The van der Waals surface area contributed by atoms with Crippen molar-refractivity contribution < 1.29 is 27.2 Å². The fourth-order valence-electron chi connectivity index (χ4n) is 3.41. The van der Waals surface area contributed by atoms with Crippen LogP contribution in [0.2, 0.25) is 0 Å². The van der Waals surface area contributed by atoms with Gasteiger partial charge in [0.2, 0.25) is 5.95 Å². The monoisotopic (exact) mass is 524 g/mol. The molecule has 8 nitrogen and oxygen atoms in total. The van der Waals surface area contributed by atoms with Gasteiger partial charge in [-0.15, -0.1) is 0 Å². The Morgan fingerprint density at radius 2 is 1.42 bits per heavy atom. The van der Waals surface area contributed by atoms with Gasteiger partial charge in [-0.05, 0) is 48.5 Å². The molecule has 0 aliphatic rings. The Bertz CT molecular complexity index is 1480. The van der Waals surface area contributed by atoms with Crippen molar-refractivity contribution in [1.82, 2.24) is 15.3 Å². The van der Waals surface area contributed by atoms with E-state index in [1.807, 2.05) is 0 Å². The van der Waals surface area contributed by atoms with Gasteiger partial charge >= 0.3 is 6.18 Å².